The lowest BCUT2D eigenvalue weighted by Gasteiger charge is -2.18. The molecule has 30 heavy (non-hydrogen) atoms. The highest BCUT2D eigenvalue weighted by Crippen LogP contribution is 2.15. The largest absolute Gasteiger partial charge is 0.357 e. The molecule has 3 rings (SSSR count). The smallest absolute Gasteiger partial charge is 0.191 e. The Labute approximate surface area is 181 Å². The molecule has 164 valence electrons. The summed E-state index contributed by atoms with van der Waals surface area (Å²) in [7, 11) is 2.01. The Morgan fingerprint density at radius 3 is 2.40 bits per heavy atom. The third-order valence-corrected chi connectivity index (χ3v) is 5.94. The fourth-order valence-corrected chi connectivity index (χ4v) is 4.14. The van der Waals surface area contributed by atoms with Crippen LogP contribution in [0.25, 0.3) is 0 Å². The summed E-state index contributed by atoms with van der Waals surface area (Å²) in [5, 5.41) is 11.5. The van der Waals surface area contributed by atoms with Crippen molar-refractivity contribution in [2.75, 3.05) is 19.6 Å². The van der Waals surface area contributed by atoms with Crippen LogP contribution in [0.2, 0.25) is 0 Å². The number of rotatable bonds is 8. The number of aliphatic imine (C=N–C) groups is 1. The number of guanidine groups is 1. The molecule has 2 N–H and O–H groups in total. The lowest BCUT2D eigenvalue weighted by molar-refractivity contribution is 0.331. The molecule has 1 atom stereocenters. The van der Waals surface area contributed by atoms with Crippen LogP contribution in [0.5, 0.6) is 0 Å². The Kier molecular flexibility index (Phi) is 7.91. The predicted molar refractivity (Wildman–Crippen MR) is 125 cm³/mol. The third kappa shape index (κ3) is 6.08. The quantitative estimate of drug-likeness (QED) is 0.518. The van der Waals surface area contributed by atoms with Crippen LogP contribution in [0.15, 0.2) is 29.3 Å². The molecule has 1 unspecified atom stereocenters. The van der Waals surface area contributed by atoms with E-state index in [0.29, 0.717) is 6.54 Å². The summed E-state index contributed by atoms with van der Waals surface area (Å²) in [4.78, 5) is 7.35. The highest BCUT2D eigenvalue weighted by Gasteiger charge is 2.14. The summed E-state index contributed by atoms with van der Waals surface area (Å²) in [6.45, 7) is 13.6. The zero-order valence-corrected chi connectivity index (χ0v) is 19.3. The Bertz CT molecular complexity index is 830. The molecule has 0 radical (unpaired) electrons. The van der Waals surface area contributed by atoms with Gasteiger partial charge in [0.2, 0.25) is 0 Å². The van der Waals surface area contributed by atoms with E-state index in [0.717, 1.165) is 31.2 Å². The van der Waals surface area contributed by atoms with Crippen molar-refractivity contribution in [1.82, 2.24) is 25.3 Å². The van der Waals surface area contributed by atoms with Crippen molar-refractivity contribution >= 4 is 5.96 Å². The maximum atomic E-state index is 4.81. The molecule has 0 bridgehead atoms. The molecule has 0 aliphatic carbocycles. The summed E-state index contributed by atoms with van der Waals surface area (Å²) in [5.74, 6) is 0.866. The monoisotopic (exact) mass is 410 g/mol. The number of nitrogens with zero attached hydrogens (tertiary/aromatic N) is 4. The van der Waals surface area contributed by atoms with E-state index in [1.165, 1.54) is 48.3 Å². The van der Waals surface area contributed by atoms with Crippen LogP contribution >= 0.6 is 0 Å². The maximum absolute atomic E-state index is 4.81. The number of aryl methyl sites for hydroxylation is 2. The van der Waals surface area contributed by atoms with Gasteiger partial charge in [-0.1, -0.05) is 24.3 Å². The van der Waals surface area contributed by atoms with E-state index < -0.39 is 0 Å². The number of hydrogen-bond acceptors (Lipinski definition) is 3. The SMILES string of the molecule is CCNC(=NCc1ccc(CN2CCCC2)cc1)NC(C)Cc1c(C)nn(C)c1C. The molecule has 1 aliphatic heterocycles. The number of hydrogen-bond donors (Lipinski definition) is 2. The van der Waals surface area contributed by atoms with E-state index in [1.54, 1.807) is 0 Å². The first kappa shape index (κ1) is 22.3. The molecule has 0 saturated carbocycles. The second kappa shape index (κ2) is 10.6. The first-order chi connectivity index (χ1) is 14.5. The number of aromatic nitrogens is 2. The van der Waals surface area contributed by atoms with Gasteiger partial charge in [0.05, 0.1) is 12.2 Å². The van der Waals surface area contributed by atoms with Gasteiger partial charge in [-0.15, -0.1) is 0 Å². The van der Waals surface area contributed by atoms with Gasteiger partial charge < -0.3 is 10.6 Å². The van der Waals surface area contributed by atoms with Crippen molar-refractivity contribution in [3.8, 4) is 0 Å². The molecule has 1 fully saturated rings. The number of benzene rings is 1. The van der Waals surface area contributed by atoms with Crippen molar-refractivity contribution in [2.45, 2.75) is 66.1 Å². The van der Waals surface area contributed by atoms with Gasteiger partial charge in [0.15, 0.2) is 5.96 Å². The first-order valence-corrected chi connectivity index (χ1v) is 11.3. The molecule has 2 aromatic rings. The zero-order valence-electron chi connectivity index (χ0n) is 19.3. The molecule has 1 aliphatic rings. The van der Waals surface area contributed by atoms with Crippen LogP contribution in [0.1, 0.15) is 54.8 Å². The average molecular weight is 411 g/mol. The summed E-state index contributed by atoms with van der Waals surface area (Å²) < 4.78 is 1.96. The number of likely N-dealkylation sites (tertiary alicyclic amines) is 1. The van der Waals surface area contributed by atoms with Crippen molar-refractivity contribution in [1.29, 1.82) is 0 Å². The van der Waals surface area contributed by atoms with Gasteiger partial charge in [-0.2, -0.15) is 5.10 Å². The van der Waals surface area contributed by atoms with E-state index in [4.69, 9.17) is 4.99 Å². The first-order valence-electron chi connectivity index (χ1n) is 11.3. The molecule has 1 aromatic heterocycles. The van der Waals surface area contributed by atoms with Crippen LogP contribution < -0.4 is 10.6 Å². The highest BCUT2D eigenvalue weighted by molar-refractivity contribution is 5.80. The average Bonchev–Trinajstić information content (AvgIpc) is 3.31. The van der Waals surface area contributed by atoms with Gasteiger partial charge in [-0.25, -0.2) is 4.99 Å². The highest BCUT2D eigenvalue weighted by atomic mass is 15.3. The molecule has 1 saturated heterocycles. The van der Waals surface area contributed by atoms with Crippen molar-refractivity contribution in [3.63, 3.8) is 0 Å². The minimum Gasteiger partial charge on any atom is -0.357 e. The van der Waals surface area contributed by atoms with Gasteiger partial charge in [0, 0.05) is 31.9 Å². The lowest BCUT2D eigenvalue weighted by atomic mass is 10.1. The van der Waals surface area contributed by atoms with Crippen LogP contribution in [0.4, 0.5) is 0 Å². The summed E-state index contributed by atoms with van der Waals surface area (Å²) >= 11 is 0. The normalized spacial score (nSPS) is 16.1. The lowest BCUT2D eigenvalue weighted by Crippen LogP contribution is -2.43. The van der Waals surface area contributed by atoms with E-state index in [9.17, 15) is 0 Å². The molecule has 0 amide bonds. The molecule has 1 aromatic carbocycles. The Hall–Kier alpha value is -2.34. The number of nitrogens with one attached hydrogen (secondary N) is 2. The van der Waals surface area contributed by atoms with Crippen LogP contribution in [-0.2, 0) is 26.6 Å². The Morgan fingerprint density at radius 1 is 1.13 bits per heavy atom. The minimum atomic E-state index is 0.271. The second-order valence-corrected chi connectivity index (χ2v) is 8.52. The van der Waals surface area contributed by atoms with Gasteiger partial charge in [0.1, 0.15) is 0 Å². The van der Waals surface area contributed by atoms with E-state index >= 15 is 0 Å². The summed E-state index contributed by atoms with van der Waals surface area (Å²) in [6, 6.07) is 9.20. The predicted octanol–water partition coefficient (Wildman–Crippen LogP) is 3.32. The summed E-state index contributed by atoms with van der Waals surface area (Å²) in [5.41, 5.74) is 6.30. The minimum absolute atomic E-state index is 0.271. The maximum Gasteiger partial charge on any atom is 0.191 e. The third-order valence-electron chi connectivity index (χ3n) is 5.94. The van der Waals surface area contributed by atoms with Crippen molar-refractivity contribution in [3.05, 3.63) is 52.3 Å². The molecule has 2 heterocycles. The molecular weight excluding hydrogens is 372 g/mol. The molecule has 6 nitrogen and oxygen atoms in total. The fraction of sp³-hybridized carbons (Fsp3) is 0.583. The van der Waals surface area contributed by atoms with Crippen molar-refractivity contribution in [2.24, 2.45) is 12.0 Å². The van der Waals surface area contributed by atoms with Gasteiger partial charge in [0.25, 0.3) is 0 Å². The molecule has 0 spiro atoms. The Balaban J connectivity index is 1.56. The van der Waals surface area contributed by atoms with Gasteiger partial charge in [-0.05, 0) is 76.7 Å². The van der Waals surface area contributed by atoms with E-state index in [-0.39, 0.29) is 6.04 Å². The van der Waals surface area contributed by atoms with Gasteiger partial charge in [-0.3, -0.25) is 9.58 Å². The second-order valence-electron chi connectivity index (χ2n) is 8.52. The van der Waals surface area contributed by atoms with Crippen LogP contribution in [0, 0.1) is 13.8 Å². The zero-order chi connectivity index (χ0) is 21.5. The van der Waals surface area contributed by atoms with E-state index in [2.05, 4.69) is 72.6 Å². The fourth-order valence-electron chi connectivity index (χ4n) is 4.14. The van der Waals surface area contributed by atoms with Gasteiger partial charge >= 0.3 is 0 Å². The molecule has 6 heteroatoms. The van der Waals surface area contributed by atoms with Crippen molar-refractivity contribution < 1.29 is 0 Å². The molecular formula is C24H38N6. The Morgan fingerprint density at radius 2 is 1.80 bits per heavy atom. The summed E-state index contributed by atoms with van der Waals surface area (Å²) in [6.07, 6.45) is 3.61. The topological polar surface area (TPSA) is 57.5 Å². The van der Waals surface area contributed by atoms with Crippen LogP contribution in [-0.4, -0.2) is 46.3 Å². The standard InChI is InChI=1S/C24H38N6/c1-6-25-24(27-18(2)15-23-19(3)28-29(5)20(23)4)26-16-21-9-11-22(12-10-21)17-30-13-7-8-14-30/h9-12,18H,6-8,13-17H2,1-5H3,(H2,25,26,27). The van der Waals surface area contributed by atoms with E-state index in [1.807, 2.05) is 11.7 Å². The van der Waals surface area contributed by atoms with Crippen LogP contribution in [0.3, 0.4) is 0 Å².